The van der Waals surface area contributed by atoms with Crippen LogP contribution in [0.4, 0.5) is 0 Å². The molecular formula is C9H15N3O2. The van der Waals surface area contributed by atoms with Crippen molar-refractivity contribution in [2.24, 2.45) is 5.73 Å². The van der Waals surface area contributed by atoms with Gasteiger partial charge in [-0.3, -0.25) is 4.79 Å². The van der Waals surface area contributed by atoms with E-state index in [1.807, 2.05) is 6.92 Å². The molecule has 0 aliphatic rings. The quantitative estimate of drug-likeness (QED) is 0.732. The van der Waals surface area contributed by atoms with Crippen LogP contribution in [0.25, 0.3) is 0 Å². The zero-order valence-corrected chi connectivity index (χ0v) is 8.63. The number of amides is 1. The maximum absolute atomic E-state index is 11.3. The lowest BCUT2D eigenvalue weighted by Gasteiger charge is -2.16. The Morgan fingerprint density at radius 1 is 1.71 bits per heavy atom. The number of hydrogen-bond donors (Lipinski definition) is 2. The second-order valence-corrected chi connectivity index (χ2v) is 3.84. The number of aryl methyl sites for hydroxylation is 1. The minimum atomic E-state index is -0.866. The minimum Gasteiger partial charge on any atom is -0.359 e. The van der Waals surface area contributed by atoms with Crippen LogP contribution < -0.4 is 11.1 Å². The van der Waals surface area contributed by atoms with Gasteiger partial charge in [-0.2, -0.15) is 0 Å². The van der Waals surface area contributed by atoms with Crippen LogP contribution in [0.1, 0.15) is 25.3 Å². The van der Waals surface area contributed by atoms with Gasteiger partial charge in [-0.05, 0) is 20.8 Å². The number of nitrogens with zero attached hydrogens (tertiary/aromatic N) is 1. The van der Waals surface area contributed by atoms with E-state index in [0.717, 1.165) is 5.69 Å². The Bertz CT molecular complexity index is 325. The fraction of sp³-hybridized carbons (Fsp3) is 0.556. The Balaban J connectivity index is 2.46. The molecule has 1 heterocycles. The van der Waals surface area contributed by atoms with Crippen molar-refractivity contribution < 1.29 is 9.32 Å². The molecule has 3 N–H and O–H groups in total. The van der Waals surface area contributed by atoms with E-state index in [2.05, 4.69) is 10.5 Å². The van der Waals surface area contributed by atoms with Crippen LogP contribution >= 0.6 is 0 Å². The van der Waals surface area contributed by atoms with Crippen molar-refractivity contribution in [3.05, 3.63) is 17.5 Å². The summed E-state index contributed by atoms with van der Waals surface area (Å²) in [5.41, 5.74) is 5.52. The van der Waals surface area contributed by atoms with Crippen molar-refractivity contribution in [2.45, 2.75) is 32.9 Å². The monoisotopic (exact) mass is 197 g/mol. The summed E-state index contributed by atoms with van der Waals surface area (Å²) >= 11 is 0. The molecule has 5 nitrogen and oxygen atoms in total. The summed E-state index contributed by atoms with van der Waals surface area (Å²) in [5.74, 6) is 0.409. The zero-order valence-electron chi connectivity index (χ0n) is 8.63. The Hall–Kier alpha value is -1.36. The van der Waals surface area contributed by atoms with Crippen molar-refractivity contribution in [1.82, 2.24) is 10.5 Å². The third-order valence-electron chi connectivity index (χ3n) is 1.69. The number of carbonyl (C=O) groups excluding carboxylic acids is 1. The highest BCUT2D eigenvalue weighted by molar-refractivity contribution is 5.84. The van der Waals surface area contributed by atoms with Crippen molar-refractivity contribution in [3.63, 3.8) is 0 Å². The number of nitrogens with two attached hydrogens (primary N) is 1. The first-order valence-corrected chi connectivity index (χ1v) is 4.39. The van der Waals surface area contributed by atoms with Crippen LogP contribution in [0.2, 0.25) is 0 Å². The van der Waals surface area contributed by atoms with E-state index in [4.69, 9.17) is 10.3 Å². The molecule has 5 heteroatoms. The third-order valence-corrected chi connectivity index (χ3v) is 1.69. The second kappa shape index (κ2) is 3.79. The molecule has 0 spiro atoms. The SMILES string of the molecule is Cc1cc(CNC(=O)C(C)(C)N)on1. The summed E-state index contributed by atoms with van der Waals surface area (Å²) in [7, 11) is 0. The van der Waals surface area contributed by atoms with Crippen LogP contribution in [0, 0.1) is 6.92 Å². The Morgan fingerprint density at radius 3 is 2.79 bits per heavy atom. The predicted octanol–water partition coefficient (Wildman–Crippen LogP) is 0.337. The summed E-state index contributed by atoms with van der Waals surface area (Å²) < 4.78 is 4.92. The van der Waals surface area contributed by atoms with E-state index in [1.165, 1.54) is 0 Å². The molecule has 1 amide bonds. The van der Waals surface area contributed by atoms with Crippen molar-refractivity contribution in [3.8, 4) is 0 Å². The van der Waals surface area contributed by atoms with Crippen molar-refractivity contribution >= 4 is 5.91 Å². The molecule has 1 aromatic heterocycles. The molecule has 78 valence electrons. The van der Waals surface area contributed by atoms with Crippen molar-refractivity contribution in [1.29, 1.82) is 0 Å². The average molecular weight is 197 g/mol. The van der Waals surface area contributed by atoms with E-state index in [-0.39, 0.29) is 5.91 Å². The fourth-order valence-corrected chi connectivity index (χ4v) is 0.895. The molecule has 0 aliphatic carbocycles. The molecule has 14 heavy (non-hydrogen) atoms. The van der Waals surface area contributed by atoms with Gasteiger partial charge in [0.05, 0.1) is 17.8 Å². The molecule has 0 radical (unpaired) electrons. The molecule has 0 saturated carbocycles. The normalized spacial score (nSPS) is 11.4. The van der Waals surface area contributed by atoms with Crippen molar-refractivity contribution in [2.75, 3.05) is 0 Å². The van der Waals surface area contributed by atoms with E-state index in [1.54, 1.807) is 19.9 Å². The average Bonchev–Trinajstić information content (AvgIpc) is 2.45. The summed E-state index contributed by atoms with van der Waals surface area (Å²) in [5, 5.41) is 6.35. The van der Waals surface area contributed by atoms with Crippen LogP contribution in [0.5, 0.6) is 0 Å². The lowest BCUT2D eigenvalue weighted by atomic mass is 10.1. The maximum Gasteiger partial charge on any atom is 0.239 e. The fourth-order valence-electron chi connectivity index (χ4n) is 0.895. The summed E-state index contributed by atoms with van der Waals surface area (Å²) in [6, 6.07) is 1.77. The van der Waals surface area contributed by atoms with Crippen LogP contribution in [-0.4, -0.2) is 16.6 Å². The minimum absolute atomic E-state index is 0.216. The van der Waals surface area contributed by atoms with Gasteiger partial charge in [0.1, 0.15) is 0 Å². The Labute approximate surface area is 82.6 Å². The largest absolute Gasteiger partial charge is 0.359 e. The Morgan fingerprint density at radius 2 is 2.36 bits per heavy atom. The lowest BCUT2D eigenvalue weighted by Crippen LogP contribution is -2.48. The first-order chi connectivity index (χ1) is 6.39. The number of hydrogen-bond acceptors (Lipinski definition) is 4. The molecular weight excluding hydrogens is 182 g/mol. The summed E-state index contributed by atoms with van der Waals surface area (Å²) in [6.07, 6.45) is 0. The maximum atomic E-state index is 11.3. The summed E-state index contributed by atoms with van der Waals surface area (Å²) in [6.45, 7) is 5.43. The molecule has 0 bridgehead atoms. The van der Waals surface area contributed by atoms with Gasteiger partial charge in [0.2, 0.25) is 5.91 Å². The number of aromatic nitrogens is 1. The highest BCUT2D eigenvalue weighted by Crippen LogP contribution is 2.02. The van der Waals surface area contributed by atoms with E-state index in [9.17, 15) is 4.79 Å². The Kier molecular flexibility index (Phi) is 2.90. The van der Waals surface area contributed by atoms with Gasteiger partial charge < -0.3 is 15.6 Å². The molecule has 1 aromatic rings. The predicted molar refractivity (Wildman–Crippen MR) is 51.4 cm³/mol. The number of rotatable bonds is 3. The number of nitrogens with one attached hydrogen (secondary N) is 1. The van der Waals surface area contributed by atoms with Gasteiger partial charge in [0, 0.05) is 6.07 Å². The van der Waals surface area contributed by atoms with E-state index >= 15 is 0 Å². The van der Waals surface area contributed by atoms with E-state index < -0.39 is 5.54 Å². The first kappa shape index (κ1) is 10.7. The van der Waals surface area contributed by atoms with Crippen LogP contribution in [-0.2, 0) is 11.3 Å². The second-order valence-electron chi connectivity index (χ2n) is 3.84. The molecule has 0 saturated heterocycles. The van der Waals surface area contributed by atoms with Gasteiger partial charge in [-0.15, -0.1) is 0 Å². The number of carbonyl (C=O) groups is 1. The van der Waals surface area contributed by atoms with E-state index in [0.29, 0.717) is 12.3 Å². The zero-order chi connectivity index (χ0) is 10.8. The lowest BCUT2D eigenvalue weighted by molar-refractivity contribution is -0.125. The molecule has 1 rings (SSSR count). The van der Waals surface area contributed by atoms with Gasteiger partial charge in [0.15, 0.2) is 5.76 Å². The van der Waals surface area contributed by atoms with Gasteiger partial charge in [0.25, 0.3) is 0 Å². The van der Waals surface area contributed by atoms with Crippen LogP contribution in [0.15, 0.2) is 10.6 Å². The smallest absolute Gasteiger partial charge is 0.239 e. The molecule has 0 fully saturated rings. The van der Waals surface area contributed by atoms with Gasteiger partial charge >= 0.3 is 0 Å². The molecule has 0 atom stereocenters. The highest BCUT2D eigenvalue weighted by atomic mass is 16.5. The standard InChI is InChI=1S/C9H15N3O2/c1-6-4-7(14-12-6)5-11-8(13)9(2,3)10/h4H,5,10H2,1-3H3,(H,11,13). The highest BCUT2D eigenvalue weighted by Gasteiger charge is 2.21. The topological polar surface area (TPSA) is 81.2 Å². The molecule has 0 aliphatic heterocycles. The van der Waals surface area contributed by atoms with Gasteiger partial charge in [-0.25, -0.2) is 0 Å². The molecule has 0 aromatic carbocycles. The summed E-state index contributed by atoms with van der Waals surface area (Å²) in [4.78, 5) is 11.3. The molecule has 0 unspecified atom stereocenters. The third kappa shape index (κ3) is 2.85. The van der Waals surface area contributed by atoms with Crippen LogP contribution in [0.3, 0.4) is 0 Å². The van der Waals surface area contributed by atoms with Gasteiger partial charge in [-0.1, -0.05) is 5.16 Å². The first-order valence-electron chi connectivity index (χ1n) is 4.39.